The standard InChI is InChI=1S/C12H15F3O/c1-4-9-7-5-6-8-10(9)11(2,3)16-12(13,14)15/h5-8H,4H2,1-3H3. The predicted molar refractivity (Wildman–Crippen MR) is 56.0 cm³/mol. The average molecular weight is 232 g/mol. The lowest BCUT2D eigenvalue weighted by Gasteiger charge is -2.28. The minimum atomic E-state index is -4.62. The van der Waals surface area contributed by atoms with E-state index in [0.29, 0.717) is 12.0 Å². The molecule has 0 unspecified atom stereocenters. The Balaban J connectivity index is 3.06. The van der Waals surface area contributed by atoms with Crippen LogP contribution < -0.4 is 0 Å². The lowest BCUT2D eigenvalue weighted by molar-refractivity contribution is -0.364. The van der Waals surface area contributed by atoms with Crippen LogP contribution in [0.5, 0.6) is 0 Å². The maximum absolute atomic E-state index is 12.3. The molecule has 0 aromatic heterocycles. The molecule has 0 spiro atoms. The van der Waals surface area contributed by atoms with Crippen LogP contribution in [0.4, 0.5) is 13.2 Å². The van der Waals surface area contributed by atoms with Crippen molar-refractivity contribution in [1.82, 2.24) is 0 Å². The highest BCUT2D eigenvalue weighted by molar-refractivity contribution is 5.31. The van der Waals surface area contributed by atoms with E-state index in [9.17, 15) is 13.2 Å². The SMILES string of the molecule is CCc1ccccc1C(C)(C)OC(F)(F)F. The summed E-state index contributed by atoms with van der Waals surface area (Å²) in [4.78, 5) is 0. The van der Waals surface area contributed by atoms with E-state index in [1.54, 1.807) is 12.1 Å². The van der Waals surface area contributed by atoms with Gasteiger partial charge in [0.1, 0.15) is 0 Å². The molecule has 0 radical (unpaired) electrons. The minimum absolute atomic E-state index is 0.579. The Labute approximate surface area is 93.2 Å². The third-order valence-corrected chi connectivity index (χ3v) is 2.42. The van der Waals surface area contributed by atoms with Crippen LogP contribution in [0.15, 0.2) is 24.3 Å². The van der Waals surface area contributed by atoms with Crippen molar-refractivity contribution < 1.29 is 17.9 Å². The zero-order chi connectivity index (χ0) is 12.4. The molecule has 1 aromatic carbocycles. The molecule has 0 atom stereocenters. The number of hydrogen-bond acceptors (Lipinski definition) is 1. The van der Waals surface area contributed by atoms with Gasteiger partial charge in [0.2, 0.25) is 0 Å². The minimum Gasteiger partial charge on any atom is -0.281 e. The molecule has 0 bridgehead atoms. The zero-order valence-corrected chi connectivity index (χ0v) is 9.56. The lowest BCUT2D eigenvalue weighted by Crippen LogP contribution is -2.31. The Morgan fingerprint density at radius 3 is 2.19 bits per heavy atom. The number of rotatable bonds is 3. The molecule has 1 aromatic rings. The van der Waals surface area contributed by atoms with Gasteiger partial charge in [-0.15, -0.1) is 13.2 Å². The van der Waals surface area contributed by atoms with Gasteiger partial charge in [-0.1, -0.05) is 31.2 Å². The van der Waals surface area contributed by atoms with Gasteiger partial charge in [-0.2, -0.15) is 0 Å². The molecule has 4 heteroatoms. The Hall–Kier alpha value is -1.03. The first kappa shape index (κ1) is 13.0. The Kier molecular flexibility index (Phi) is 3.63. The summed E-state index contributed by atoms with van der Waals surface area (Å²) >= 11 is 0. The van der Waals surface area contributed by atoms with Crippen LogP contribution in [0.2, 0.25) is 0 Å². The topological polar surface area (TPSA) is 9.23 Å². The van der Waals surface area contributed by atoms with Crippen LogP contribution in [-0.2, 0) is 16.8 Å². The van der Waals surface area contributed by atoms with Crippen LogP contribution in [0.25, 0.3) is 0 Å². The van der Waals surface area contributed by atoms with Crippen molar-refractivity contribution in [1.29, 1.82) is 0 Å². The van der Waals surface area contributed by atoms with Gasteiger partial charge in [-0.25, -0.2) is 0 Å². The third kappa shape index (κ3) is 3.23. The highest BCUT2D eigenvalue weighted by Gasteiger charge is 2.39. The predicted octanol–water partition coefficient (Wildman–Crippen LogP) is 4.02. The first-order valence-corrected chi connectivity index (χ1v) is 5.11. The summed E-state index contributed by atoms with van der Waals surface area (Å²) in [5.41, 5.74) is 0.0942. The molecular weight excluding hydrogens is 217 g/mol. The number of hydrogen-bond donors (Lipinski definition) is 0. The van der Waals surface area contributed by atoms with Crippen molar-refractivity contribution in [3.63, 3.8) is 0 Å². The summed E-state index contributed by atoms with van der Waals surface area (Å²) in [5.74, 6) is 0. The fourth-order valence-electron chi connectivity index (χ4n) is 1.76. The lowest BCUT2D eigenvalue weighted by atomic mass is 9.92. The normalized spacial score (nSPS) is 12.9. The van der Waals surface area contributed by atoms with E-state index in [2.05, 4.69) is 4.74 Å². The van der Waals surface area contributed by atoms with Gasteiger partial charge in [0, 0.05) is 0 Å². The average Bonchev–Trinajstić information content (AvgIpc) is 2.14. The Morgan fingerprint density at radius 2 is 1.69 bits per heavy atom. The van der Waals surface area contributed by atoms with E-state index in [-0.39, 0.29) is 0 Å². The van der Waals surface area contributed by atoms with Crippen LogP contribution in [0, 0.1) is 0 Å². The van der Waals surface area contributed by atoms with E-state index in [1.165, 1.54) is 13.8 Å². The Morgan fingerprint density at radius 1 is 1.12 bits per heavy atom. The smallest absolute Gasteiger partial charge is 0.281 e. The van der Waals surface area contributed by atoms with Gasteiger partial charge >= 0.3 is 6.36 Å². The van der Waals surface area contributed by atoms with Gasteiger partial charge in [0.15, 0.2) is 0 Å². The van der Waals surface area contributed by atoms with Crippen molar-refractivity contribution in [3.8, 4) is 0 Å². The maximum Gasteiger partial charge on any atom is 0.523 e. The van der Waals surface area contributed by atoms with Crippen molar-refractivity contribution >= 4 is 0 Å². The first-order valence-electron chi connectivity index (χ1n) is 5.11. The molecule has 0 aliphatic carbocycles. The van der Waals surface area contributed by atoms with Crippen LogP contribution in [0.3, 0.4) is 0 Å². The van der Waals surface area contributed by atoms with Crippen molar-refractivity contribution in [3.05, 3.63) is 35.4 Å². The Bertz CT molecular complexity index is 356. The van der Waals surface area contributed by atoms with E-state index in [0.717, 1.165) is 5.56 Å². The third-order valence-electron chi connectivity index (χ3n) is 2.42. The summed E-state index contributed by atoms with van der Waals surface area (Å²) in [7, 11) is 0. The second kappa shape index (κ2) is 4.45. The monoisotopic (exact) mass is 232 g/mol. The summed E-state index contributed by atoms with van der Waals surface area (Å²) in [6.07, 6.45) is -3.94. The number of halogens is 3. The molecule has 0 fully saturated rings. The van der Waals surface area contributed by atoms with Crippen molar-refractivity contribution in [2.24, 2.45) is 0 Å². The molecule has 0 aliphatic heterocycles. The fourth-order valence-corrected chi connectivity index (χ4v) is 1.76. The molecule has 1 rings (SSSR count). The van der Waals surface area contributed by atoms with E-state index < -0.39 is 12.0 Å². The molecule has 0 saturated heterocycles. The van der Waals surface area contributed by atoms with Crippen molar-refractivity contribution in [2.45, 2.75) is 39.2 Å². The number of benzene rings is 1. The zero-order valence-electron chi connectivity index (χ0n) is 9.56. The van der Waals surface area contributed by atoms with Gasteiger partial charge in [0.05, 0.1) is 5.60 Å². The summed E-state index contributed by atoms with van der Waals surface area (Å²) < 4.78 is 40.9. The molecule has 0 saturated carbocycles. The van der Waals surface area contributed by atoms with Crippen molar-refractivity contribution in [2.75, 3.05) is 0 Å². The molecule has 16 heavy (non-hydrogen) atoms. The molecule has 0 aliphatic rings. The fraction of sp³-hybridized carbons (Fsp3) is 0.500. The summed E-state index contributed by atoms with van der Waals surface area (Å²) in [6, 6.07) is 7.02. The highest BCUT2D eigenvalue weighted by atomic mass is 19.4. The first-order chi connectivity index (χ1) is 7.26. The van der Waals surface area contributed by atoms with Gasteiger partial charge in [-0.05, 0) is 31.4 Å². The number of ether oxygens (including phenoxy) is 1. The summed E-state index contributed by atoms with van der Waals surface area (Å²) in [5, 5.41) is 0. The highest BCUT2D eigenvalue weighted by Crippen LogP contribution is 2.34. The van der Waals surface area contributed by atoms with Gasteiger partial charge < -0.3 is 0 Å². The van der Waals surface area contributed by atoms with Gasteiger partial charge in [-0.3, -0.25) is 4.74 Å². The quantitative estimate of drug-likeness (QED) is 0.764. The van der Waals surface area contributed by atoms with Gasteiger partial charge in [0.25, 0.3) is 0 Å². The van der Waals surface area contributed by atoms with Crippen LogP contribution in [-0.4, -0.2) is 6.36 Å². The molecule has 1 nitrogen and oxygen atoms in total. The van der Waals surface area contributed by atoms with E-state index >= 15 is 0 Å². The summed E-state index contributed by atoms with van der Waals surface area (Å²) in [6.45, 7) is 4.76. The molecule has 90 valence electrons. The molecule has 0 amide bonds. The van der Waals surface area contributed by atoms with E-state index in [4.69, 9.17) is 0 Å². The molecule has 0 heterocycles. The van der Waals surface area contributed by atoms with E-state index in [1.807, 2.05) is 19.1 Å². The maximum atomic E-state index is 12.3. The largest absolute Gasteiger partial charge is 0.523 e. The number of aryl methyl sites for hydroxylation is 1. The number of alkyl halides is 3. The van der Waals surface area contributed by atoms with Crippen LogP contribution >= 0.6 is 0 Å². The molecule has 0 N–H and O–H groups in total. The second-order valence-corrected chi connectivity index (χ2v) is 4.07. The molecular formula is C12H15F3O. The second-order valence-electron chi connectivity index (χ2n) is 4.07. The van der Waals surface area contributed by atoms with Crippen LogP contribution in [0.1, 0.15) is 31.9 Å².